The Hall–Kier alpha value is -0.530. The van der Waals surface area contributed by atoms with E-state index in [0.29, 0.717) is 0 Å². The Kier molecular flexibility index (Phi) is 2.26. The first-order valence-corrected chi connectivity index (χ1v) is 5.18. The number of aliphatic hydroxyl groups excluding tert-OH is 1. The summed E-state index contributed by atoms with van der Waals surface area (Å²) >= 11 is 0. The lowest BCUT2D eigenvalue weighted by Gasteiger charge is -2.18. The third-order valence-electron chi connectivity index (χ3n) is 2.26. The minimum Gasteiger partial charge on any atom is -0.480 e. The lowest BCUT2D eigenvalue weighted by atomic mass is 10.2. The molecule has 1 rings (SSSR count). The van der Waals surface area contributed by atoms with Crippen LogP contribution in [0.15, 0.2) is 0 Å². The van der Waals surface area contributed by atoms with Gasteiger partial charge < -0.3 is 25.7 Å². The van der Waals surface area contributed by atoms with Crippen LogP contribution in [0.4, 0.5) is 4.39 Å². The molecule has 3 atom stereocenters. The van der Waals surface area contributed by atoms with Crippen molar-refractivity contribution >= 4 is 13.6 Å². The fraction of sp³-hybridized carbons (Fsp3) is 0.800. The number of rotatable bonds is 3. The summed E-state index contributed by atoms with van der Waals surface area (Å²) in [6.07, 6.45) is -0.818. The molecular weight excluding hydrogens is 220 g/mol. The Bertz CT molecular complexity index is 330. The van der Waals surface area contributed by atoms with Gasteiger partial charge in [0, 0.05) is 6.42 Å². The molecule has 7 nitrogen and oxygen atoms in total. The number of hydrogen-bond acceptors (Lipinski definition) is 4. The largest absolute Gasteiger partial charge is 0.480 e. The van der Waals surface area contributed by atoms with Crippen molar-refractivity contribution in [3.05, 3.63) is 0 Å². The quantitative estimate of drug-likeness (QED) is 0.366. The predicted molar refractivity (Wildman–Crippen MR) is 41.1 cm³/mol. The number of carbonyl (C=O) groups is 1. The first-order chi connectivity index (χ1) is 6.06. The summed E-state index contributed by atoms with van der Waals surface area (Å²) in [5.41, 5.74) is -0.382. The van der Waals surface area contributed by atoms with Crippen molar-refractivity contribution < 1.29 is 33.7 Å². The zero-order valence-electron chi connectivity index (χ0n) is 6.79. The van der Waals surface area contributed by atoms with E-state index in [2.05, 4.69) is 0 Å². The smallest absolute Gasteiger partial charge is 0.357 e. The molecule has 14 heavy (non-hydrogen) atoms. The van der Waals surface area contributed by atoms with E-state index in [1.54, 1.807) is 0 Å². The molecular formula is C5H9FNO6P. The molecule has 1 aliphatic rings. The molecule has 1 aliphatic carbocycles. The molecule has 0 radical (unpaired) electrons. The molecule has 0 aromatic rings. The number of nitrogens with two attached hydrogens (primary N) is 1. The molecule has 3 unspecified atom stereocenters. The summed E-state index contributed by atoms with van der Waals surface area (Å²) in [7, 11) is -5.10. The fourth-order valence-corrected chi connectivity index (χ4v) is 2.06. The fourth-order valence-electron chi connectivity index (χ4n) is 1.20. The molecule has 0 aliphatic heterocycles. The van der Waals surface area contributed by atoms with Crippen LogP contribution in [0.2, 0.25) is 0 Å². The van der Waals surface area contributed by atoms with E-state index >= 15 is 0 Å². The average Bonchev–Trinajstić information content (AvgIpc) is 2.54. The summed E-state index contributed by atoms with van der Waals surface area (Å²) in [6.45, 7) is 0. The number of hydrogen-bond donors (Lipinski definition) is 5. The lowest BCUT2D eigenvalue weighted by molar-refractivity contribution is -0.141. The third-order valence-corrected chi connectivity index (χ3v) is 3.31. The van der Waals surface area contributed by atoms with Gasteiger partial charge in [-0.05, 0) is 0 Å². The summed E-state index contributed by atoms with van der Waals surface area (Å²) < 4.78 is 23.9. The number of aliphatic hydroxyl groups is 1. The van der Waals surface area contributed by atoms with Crippen molar-refractivity contribution in [2.75, 3.05) is 0 Å². The molecule has 0 spiro atoms. The normalized spacial score (nSPS) is 39.2. The lowest BCUT2D eigenvalue weighted by Crippen LogP contribution is -2.45. The maximum absolute atomic E-state index is 13.4. The molecule has 0 heterocycles. The third kappa shape index (κ3) is 1.35. The SMILES string of the molecule is NC1(C(=O)O)CC1(F)C(O)P(=O)(O)O. The Morgan fingerprint density at radius 1 is 1.57 bits per heavy atom. The maximum Gasteiger partial charge on any atom is 0.357 e. The van der Waals surface area contributed by atoms with Crippen molar-refractivity contribution in [1.82, 2.24) is 0 Å². The molecule has 0 saturated heterocycles. The first kappa shape index (κ1) is 11.5. The van der Waals surface area contributed by atoms with Gasteiger partial charge in [0.15, 0.2) is 17.1 Å². The zero-order valence-corrected chi connectivity index (χ0v) is 7.69. The Morgan fingerprint density at radius 3 is 2.21 bits per heavy atom. The molecule has 0 aromatic carbocycles. The van der Waals surface area contributed by atoms with E-state index in [-0.39, 0.29) is 0 Å². The minimum absolute atomic E-state index is 0.818. The maximum atomic E-state index is 13.4. The van der Waals surface area contributed by atoms with Gasteiger partial charge in [-0.15, -0.1) is 0 Å². The van der Waals surface area contributed by atoms with E-state index < -0.39 is 37.0 Å². The number of carboxylic acid groups (broad SMARTS) is 1. The van der Waals surface area contributed by atoms with Gasteiger partial charge in [-0.3, -0.25) is 9.36 Å². The standard InChI is InChI=1S/C5H9FNO6P/c6-4(3(10)14(11,12)13)1-5(4,7)2(8)9/h3,10H,1,7H2,(H,8,9)(H2,11,12,13). The molecule has 9 heteroatoms. The van der Waals surface area contributed by atoms with E-state index in [4.69, 9.17) is 25.7 Å². The van der Waals surface area contributed by atoms with Gasteiger partial charge in [0.05, 0.1) is 0 Å². The van der Waals surface area contributed by atoms with Crippen LogP contribution in [0.3, 0.4) is 0 Å². The van der Waals surface area contributed by atoms with Crippen molar-refractivity contribution in [2.45, 2.75) is 23.5 Å². The van der Waals surface area contributed by atoms with E-state index in [9.17, 15) is 13.8 Å². The summed E-state index contributed by atoms with van der Waals surface area (Å²) in [5, 5.41) is 17.3. The molecule has 0 aromatic heterocycles. The predicted octanol–water partition coefficient (Wildman–Crippen LogP) is -1.62. The van der Waals surface area contributed by atoms with Crippen molar-refractivity contribution in [1.29, 1.82) is 0 Å². The summed E-state index contributed by atoms with van der Waals surface area (Å²) in [6, 6.07) is 0. The number of aliphatic carboxylic acids is 1. The van der Waals surface area contributed by atoms with Crippen molar-refractivity contribution in [3.63, 3.8) is 0 Å². The van der Waals surface area contributed by atoms with Gasteiger partial charge >= 0.3 is 13.6 Å². The van der Waals surface area contributed by atoms with Gasteiger partial charge in [0.25, 0.3) is 0 Å². The molecule has 82 valence electrons. The summed E-state index contributed by atoms with van der Waals surface area (Å²) in [4.78, 5) is 27.3. The van der Waals surface area contributed by atoms with E-state index in [0.717, 1.165) is 0 Å². The van der Waals surface area contributed by atoms with Crippen molar-refractivity contribution in [2.24, 2.45) is 5.73 Å². The van der Waals surface area contributed by atoms with Gasteiger partial charge in [-0.2, -0.15) is 0 Å². The first-order valence-electron chi connectivity index (χ1n) is 3.50. The highest BCUT2D eigenvalue weighted by molar-refractivity contribution is 7.52. The van der Waals surface area contributed by atoms with Gasteiger partial charge in [-0.25, -0.2) is 4.39 Å². The van der Waals surface area contributed by atoms with Gasteiger partial charge in [0.1, 0.15) is 0 Å². The minimum atomic E-state index is -5.10. The highest BCUT2D eigenvalue weighted by Gasteiger charge is 2.78. The van der Waals surface area contributed by atoms with Gasteiger partial charge in [-0.1, -0.05) is 0 Å². The van der Waals surface area contributed by atoms with E-state index in [1.165, 1.54) is 0 Å². The Labute approximate surface area is 77.5 Å². The number of halogens is 1. The van der Waals surface area contributed by atoms with Crippen LogP contribution in [-0.4, -0.2) is 43.0 Å². The topological polar surface area (TPSA) is 141 Å². The Balaban J connectivity index is 2.94. The van der Waals surface area contributed by atoms with Crippen LogP contribution in [-0.2, 0) is 9.36 Å². The van der Waals surface area contributed by atoms with Crippen LogP contribution in [0.25, 0.3) is 0 Å². The van der Waals surface area contributed by atoms with Crippen molar-refractivity contribution in [3.8, 4) is 0 Å². The van der Waals surface area contributed by atoms with Gasteiger partial charge in [0.2, 0.25) is 0 Å². The Morgan fingerprint density at radius 2 is 2.00 bits per heavy atom. The van der Waals surface area contributed by atoms with Crippen LogP contribution < -0.4 is 5.73 Å². The number of carboxylic acids is 1. The highest BCUT2D eigenvalue weighted by atomic mass is 31.2. The molecule has 6 N–H and O–H groups in total. The van der Waals surface area contributed by atoms with Crippen LogP contribution in [0.1, 0.15) is 6.42 Å². The zero-order chi connectivity index (χ0) is 11.4. The second kappa shape index (κ2) is 2.74. The monoisotopic (exact) mass is 229 g/mol. The second-order valence-corrected chi connectivity index (χ2v) is 4.95. The summed E-state index contributed by atoms with van der Waals surface area (Å²) in [5.74, 6) is -4.44. The van der Waals surface area contributed by atoms with Crippen LogP contribution in [0.5, 0.6) is 0 Å². The molecule has 0 amide bonds. The van der Waals surface area contributed by atoms with Crippen LogP contribution in [0, 0.1) is 0 Å². The highest BCUT2D eigenvalue weighted by Crippen LogP contribution is 2.61. The molecule has 1 fully saturated rings. The average molecular weight is 229 g/mol. The second-order valence-electron chi connectivity index (χ2n) is 3.28. The number of alkyl halides is 1. The molecule has 1 saturated carbocycles. The van der Waals surface area contributed by atoms with E-state index in [1.807, 2.05) is 0 Å². The van der Waals surface area contributed by atoms with Crippen LogP contribution >= 0.6 is 7.60 Å². The molecule has 0 bridgehead atoms.